The summed E-state index contributed by atoms with van der Waals surface area (Å²) in [6.45, 7) is 11.1. The lowest BCUT2D eigenvalue weighted by Gasteiger charge is -2.36. The molecule has 0 saturated carbocycles. The van der Waals surface area contributed by atoms with Crippen LogP contribution >= 0.6 is 0 Å². The molecule has 1 aliphatic heterocycles. The summed E-state index contributed by atoms with van der Waals surface area (Å²) in [5.74, 6) is 0. The van der Waals surface area contributed by atoms with Crippen LogP contribution in [0.5, 0.6) is 0 Å². The lowest BCUT2D eigenvalue weighted by Crippen LogP contribution is -2.52. The average molecular weight is 271 g/mol. The number of hydrogen-bond acceptors (Lipinski definition) is 3. The number of nitrogens with zero attached hydrogens (tertiary/aromatic N) is 1. The third-order valence-corrected chi connectivity index (χ3v) is 3.58. The Hall–Kier alpha value is -0.770. The highest BCUT2D eigenvalue weighted by Crippen LogP contribution is 2.34. The molecule has 0 N–H and O–H groups in total. The van der Waals surface area contributed by atoms with E-state index in [9.17, 15) is 4.79 Å². The average Bonchev–Trinajstić information content (AvgIpc) is 2.53. The van der Waals surface area contributed by atoms with Crippen molar-refractivity contribution < 1.29 is 14.3 Å². The Kier molecular flexibility index (Phi) is 5.65. The molecule has 0 aromatic rings. The maximum absolute atomic E-state index is 12.2. The van der Waals surface area contributed by atoms with E-state index in [1.54, 1.807) is 4.90 Å². The van der Waals surface area contributed by atoms with E-state index in [1.165, 1.54) is 19.3 Å². The van der Waals surface area contributed by atoms with E-state index in [1.807, 2.05) is 27.7 Å². The molecule has 1 aliphatic rings. The third-order valence-electron chi connectivity index (χ3n) is 3.58. The van der Waals surface area contributed by atoms with Gasteiger partial charge in [0.05, 0.1) is 18.8 Å². The lowest BCUT2D eigenvalue weighted by molar-refractivity contribution is -0.0519. The van der Waals surface area contributed by atoms with Crippen molar-refractivity contribution in [1.29, 1.82) is 0 Å². The molecule has 1 saturated heterocycles. The highest BCUT2D eigenvalue weighted by molar-refractivity contribution is 5.69. The van der Waals surface area contributed by atoms with Crippen LogP contribution in [0.1, 0.15) is 66.7 Å². The fraction of sp³-hybridized carbons (Fsp3) is 0.933. The van der Waals surface area contributed by atoms with Crippen LogP contribution in [0.3, 0.4) is 0 Å². The predicted molar refractivity (Wildman–Crippen MR) is 76.1 cm³/mol. The van der Waals surface area contributed by atoms with Crippen molar-refractivity contribution in [3.63, 3.8) is 0 Å². The summed E-state index contributed by atoms with van der Waals surface area (Å²) in [6, 6.07) is 0. The molecular weight excluding hydrogens is 242 g/mol. The minimum atomic E-state index is -0.581. The molecule has 112 valence electrons. The lowest BCUT2D eigenvalue weighted by atomic mass is 10.0. The summed E-state index contributed by atoms with van der Waals surface area (Å²) in [6.07, 6.45) is 5.52. The van der Waals surface area contributed by atoms with Crippen LogP contribution in [0.4, 0.5) is 4.79 Å². The maximum Gasteiger partial charge on any atom is 0.412 e. The van der Waals surface area contributed by atoms with E-state index < -0.39 is 5.72 Å². The molecule has 1 amide bonds. The largest absolute Gasteiger partial charge is 0.449 e. The zero-order chi connectivity index (χ0) is 14.5. The maximum atomic E-state index is 12.2. The number of rotatable bonds is 6. The summed E-state index contributed by atoms with van der Waals surface area (Å²) < 4.78 is 11.1. The van der Waals surface area contributed by atoms with Crippen LogP contribution in [-0.4, -0.2) is 35.5 Å². The Balaban J connectivity index is 2.36. The van der Waals surface area contributed by atoms with Crippen LogP contribution in [0, 0.1) is 0 Å². The summed E-state index contributed by atoms with van der Waals surface area (Å²) >= 11 is 0. The molecule has 0 atom stereocenters. The Bertz CT molecular complexity index is 284. The van der Waals surface area contributed by atoms with Crippen molar-refractivity contribution in [1.82, 2.24) is 4.90 Å². The van der Waals surface area contributed by atoms with Gasteiger partial charge in [-0.2, -0.15) is 0 Å². The van der Waals surface area contributed by atoms with Crippen LogP contribution < -0.4 is 0 Å². The first kappa shape index (κ1) is 16.3. The number of carbonyl (C=O) groups is 1. The smallest absolute Gasteiger partial charge is 0.412 e. The fourth-order valence-corrected chi connectivity index (χ4v) is 2.61. The van der Waals surface area contributed by atoms with Gasteiger partial charge in [0.2, 0.25) is 0 Å². The third kappa shape index (κ3) is 4.37. The Morgan fingerprint density at radius 1 is 1.16 bits per heavy atom. The van der Waals surface area contributed by atoms with Gasteiger partial charge in [-0.1, -0.05) is 32.6 Å². The highest BCUT2D eigenvalue weighted by atomic mass is 16.6. The molecule has 0 unspecified atom stereocenters. The van der Waals surface area contributed by atoms with Gasteiger partial charge in [-0.3, -0.25) is 4.90 Å². The van der Waals surface area contributed by atoms with Gasteiger partial charge in [0, 0.05) is 0 Å². The molecule has 4 nitrogen and oxygen atoms in total. The first-order valence-electron chi connectivity index (χ1n) is 7.42. The second-order valence-electron chi connectivity index (χ2n) is 6.41. The first-order valence-corrected chi connectivity index (χ1v) is 7.42. The van der Waals surface area contributed by atoms with Crippen LogP contribution in [0.25, 0.3) is 0 Å². The van der Waals surface area contributed by atoms with E-state index in [-0.39, 0.29) is 11.6 Å². The molecule has 0 bridgehead atoms. The number of carbonyl (C=O) groups excluding carboxylic acids is 1. The molecule has 19 heavy (non-hydrogen) atoms. The number of ether oxygens (including phenoxy) is 2. The van der Waals surface area contributed by atoms with Crippen molar-refractivity contribution >= 4 is 6.09 Å². The van der Waals surface area contributed by atoms with Gasteiger partial charge in [0.25, 0.3) is 0 Å². The summed E-state index contributed by atoms with van der Waals surface area (Å²) in [5, 5.41) is 0. The topological polar surface area (TPSA) is 38.8 Å². The molecule has 1 rings (SSSR count). The first-order chi connectivity index (χ1) is 8.81. The number of hydrogen-bond donors (Lipinski definition) is 0. The van der Waals surface area contributed by atoms with Crippen molar-refractivity contribution in [3.05, 3.63) is 0 Å². The van der Waals surface area contributed by atoms with Crippen molar-refractivity contribution in [3.8, 4) is 0 Å². The number of unbranched alkanes of at least 4 members (excludes halogenated alkanes) is 4. The van der Waals surface area contributed by atoms with Crippen LogP contribution in [0.15, 0.2) is 0 Å². The van der Waals surface area contributed by atoms with E-state index in [0.717, 1.165) is 12.8 Å². The van der Waals surface area contributed by atoms with E-state index in [0.29, 0.717) is 13.2 Å². The summed E-state index contributed by atoms with van der Waals surface area (Å²) in [4.78, 5) is 13.9. The Labute approximate surface area is 117 Å². The highest BCUT2D eigenvalue weighted by Gasteiger charge is 2.49. The second kappa shape index (κ2) is 6.60. The van der Waals surface area contributed by atoms with Gasteiger partial charge in [0.15, 0.2) is 0 Å². The molecule has 0 aromatic heterocycles. The van der Waals surface area contributed by atoms with E-state index >= 15 is 0 Å². The van der Waals surface area contributed by atoms with Crippen LogP contribution in [-0.2, 0) is 9.47 Å². The van der Waals surface area contributed by atoms with Crippen molar-refractivity contribution in [2.24, 2.45) is 0 Å². The molecule has 0 spiro atoms. The SMILES string of the molecule is CCCCCCCOC(=O)N1C(C)(C)COC1(C)C. The summed E-state index contributed by atoms with van der Waals surface area (Å²) in [7, 11) is 0. The van der Waals surface area contributed by atoms with Crippen LogP contribution in [0.2, 0.25) is 0 Å². The molecule has 1 heterocycles. The van der Waals surface area contributed by atoms with Gasteiger partial charge in [-0.25, -0.2) is 4.79 Å². The van der Waals surface area contributed by atoms with Gasteiger partial charge in [0.1, 0.15) is 5.72 Å². The zero-order valence-corrected chi connectivity index (χ0v) is 13.1. The minimum Gasteiger partial charge on any atom is -0.449 e. The minimum absolute atomic E-state index is 0.261. The predicted octanol–water partition coefficient (Wildman–Crippen LogP) is 3.94. The number of amides is 1. The Morgan fingerprint density at radius 3 is 2.32 bits per heavy atom. The van der Waals surface area contributed by atoms with E-state index in [2.05, 4.69) is 6.92 Å². The fourth-order valence-electron chi connectivity index (χ4n) is 2.61. The van der Waals surface area contributed by atoms with Gasteiger partial charge in [-0.15, -0.1) is 0 Å². The molecule has 0 aromatic carbocycles. The zero-order valence-electron chi connectivity index (χ0n) is 13.1. The molecule has 4 heteroatoms. The van der Waals surface area contributed by atoms with Gasteiger partial charge in [-0.05, 0) is 34.1 Å². The van der Waals surface area contributed by atoms with E-state index in [4.69, 9.17) is 9.47 Å². The normalized spacial score (nSPS) is 20.6. The molecule has 0 radical (unpaired) electrons. The van der Waals surface area contributed by atoms with Gasteiger partial charge < -0.3 is 9.47 Å². The molecular formula is C15H29NO3. The summed E-state index contributed by atoms with van der Waals surface area (Å²) in [5.41, 5.74) is -0.883. The monoisotopic (exact) mass is 271 g/mol. The van der Waals surface area contributed by atoms with Crippen molar-refractivity contribution in [2.45, 2.75) is 78.0 Å². The van der Waals surface area contributed by atoms with Crippen molar-refractivity contribution in [2.75, 3.05) is 13.2 Å². The standard InChI is InChI=1S/C15H29NO3/c1-6-7-8-9-10-11-18-13(17)16-14(2,3)12-19-15(16,4)5/h6-12H2,1-5H3. The second-order valence-corrected chi connectivity index (χ2v) is 6.41. The molecule has 0 aliphatic carbocycles. The quantitative estimate of drug-likeness (QED) is 0.687. The Morgan fingerprint density at radius 2 is 1.79 bits per heavy atom. The molecule has 1 fully saturated rings. The van der Waals surface area contributed by atoms with Gasteiger partial charge >= 0.3 is 6.09 Å².